The van der Waals surface area contributed by atoms with E-state index in [-0.39, 0.29) is 12.4 Å². The van der Waals surface area contributed by atoms with E-state index in [2.05, 4.69) is 4.98 Å². The number of carbonyl (C=O) groups excluding carboxylic acids is 1. The normalized spacial score (nSPS) is 15.8. The van der Waals surface area contributed by atoms with Gasteiger partial charge in [-0.2, -0.15) is 0 Å². The molecule has 0 radical (unpaired) electrons. The molecule has 1 fully saturated rings. The van der Waals surface area contributed by atoms with Crippen molar-refractivity contribution >= 4 is 32.6 Å². The molecule has 0 saturated carbocycles. The number of pyridine rings is 1. The SMILES string of the molecule is O=C(OCc1cccc2cccnc12)c1cccc(N2CCCS2(=O)=O)c1. The van der Waals surface area contributed by atoms with Crippen molar-refractivity contribution < 1.29 is 17.9 Å². The Bertz CT molecular complexity index is 1110. The van der Waals surface area contributed by atoms with E-state index in [4.69, 9.17) is 4.74 Å². The zero-order chi connectivity index (χ0) is 18.9. The number of esters is 1. The molecule has 0 atom stereocenters. The highest BCUT2D eigenvalue weighted by atomic mass is 32.2. The second kappa shape index (κ2) is 7.00. The van der Waals surface area contributed by atoms with Gasteiger partial charge in [-0.05, 0) is 30.7 Å². The lowest BCUT2D eigenvalue weighted by atomic mass is 10.1. The molecule has 1 aliphatic rings. The lowest BCUT2D eigenvalue weighted by Crippen LogP contribution is -2.25. The fourth-order valence-corrected chi connectivity index (χ4v) is 4.78. The molecule has 7 heteroatoms. The van der Waals surface area contributed by atoms with Gasteiger partial charge < -0.3 is 4.74 Å². The maximum Gasteiger partial charge on any atom is 0.338 e. The van der Waals surface area contributed by atoms with Crippen LogP contribution in [-0.4, -0.2) is 31.7 Å². The molecule has 0 aliphatic carbocycles. The van der Waals surface area contributed by atoms with Crippen LogP contribution in [0.25, 0.3) is 10.9 Å². The summed E-state index contributed by atoms with van der Waals surface area (Å²) in [5.41, 5.74) is 2.43. The number of hydrogen-bond donors (Lipinski definition) is 0. The van der Waals surface area contributed by atoms with Crippen LogP contribution in [0.1, 0.15) is 22.3 Å². The smallest absolute Gasteiger partial charge is 0.338 e. The summed E-state index contributed by atoms with van der Waals surface area (Å²) in [6, 6.07) is 16.1. The summed E-state index contributed by atoms with van der Waals surface area (Å²) in [5, 5.41) is 0.979. The van der Waals surface area contributed by atoms with Gasteiger partial charge in [0.05, 0.1) is 22.5 Å². The Kier molecular flexibility index (Phi) is 4.53. The highest BCUT2D eigenvalue weighted by Crippen LogP contribution is 2.25. The molecule has 4 rings (SSSR count). The predicted molar refractivity (Wildman–Crippen MR) is 103 cm³/mol. The first kappa shape index (κ1) is 17.5. The van der Waals surface area contributed by atoms with Gasteiger partial charge in [-0.15, -0.1) is 0 Å². The van der Waals surface area contributed by atoms with Gasteiger partial charge in [0.1, 0.15) is 6.61 Å². The minimum atomic E-state index is -3.29. The van der Waals surface area contributed by atoms with E-state index in [1.54, 1.807) is 30.5 Å². The van der Waals surface area contributed by atoms with Crippen molar-refractivity contribution in [2.45, 2.75) is 13.0 Å². The Morgan fingerprint density at radius 1 is 1.11 bits per heavy atom. The molecule has 0 unspecified atom stereocenters. The summed E-state index contributed by atoms with van der Waals surface area (Å²) in [4.78, 5) is 16.8. The fraction of sp³-hybridized carbons (Fsp3) is 0.200. The molecule has 1 saturated heterocycles. The largest absolute Gasteiger partial charge is 0.457 e. The van der Waals surface area contributed by atoms with Crippen molar-refractivity contribution in [1.82, 2.24) is 4.98 Å². The summed E-state index contributed by atoms with van der Waals surface area (Å²) in [7, 11) is -3.29. The first-order chi connectivity index (χ1) is 13.0. The third kappa shape index (κ3) is 3.50. The Morgan fingerprint density at radius 3 is 2.74 bits per heavy atom. The van der Waals surface area contributed by atoms with Crippen LogP contribution < -0.4 is 4.31 Å². The molecule has 1 aromatic heterocycles. The summed E-state index contributed by atoms with van der Waals surface area (Å²) in [5.74, 6) is -0.364. The minimum absolute atomic E-state index is 0.0967. The molecule has 0 N–H and O–H groups in total. The van der Waals surface area contributed by atoms with Crippen molar-refractivity contribution in [3.63, 3.8) is 0 Å². The lowest BCUT2D eigenvalue weighted by Gasteiger charge is -2.17. The summed E-state index contributed by atoms with van der Waals surface area (Å²) >= 11 is 0. The number of ether oxygens (including phenoxy) is 1. The molecule has 2 heterocycles. The van der Waals surface area contributed by atoms with Gasteiger partial charge in [0.15, 0.2) is 0 Å². The second-order valence-electron chi connectivity index (χ2n) is 6.36. The van der Waals surface area contributed by atoms with Crippen LogP contribution in [0.15, 0.2) is 60.8 Å². The Hall–Kier alpha value is -2.93. The average molecular weight is 382 g/mol. The number of aromatic nitrogens is 1. The van der Waals surface area contributed by atoms with Crippen molar-refractivity contribution in [2.24, 2.45) is 0 Å². The molecule has 0 spiro atoms. The Balaban J connectivity index is 1.53. The molecular weight excluding hydrogens is 364 g/mol. The maximum absolute atomic E-state index is 12.5. The molecule has 138 valence electrons. The number of benzene rings is 2. The zero-order valence-electron chi connectivity index (χ0n) is 14.5. The number of anilines is 1. The van der Waals surface area contributed by atoms with Crippen LogP contribution in [0.2, 0.25) is 0 Å². The van der Waals surface area contributed by atoms with Gasteiger partial charge in [-0.1, -0.05) is 30.3 Å². The quantitative estimate of drug-likeness (QED) is 0.648. The molecule has 0 bridgehead atoms. The summed E-state index contributed by atoms with van der Waals surface area (Å²) in [6.45, 7) is 0.530. The number of fused-ring (bicyclic) bond motifs is 1. The lowest BCUT2D eigenvalue weighted by molar-refractivity contribution is 0.0474. The van der Waals surface area contributed by atoms with Crippen molar-refractivity contribution in [3.05, 3.63) is 71.9 Å². The van der Waals surface area contributed by atoms with E-state index in [1.165, 1.54) is 4.31 Å². The van der Waals surface area contributed by atoms with Gasteiger partial charge in [0.2, 0.25) is 10.0 Å². The van der Waals surface area contributed by atoms with Crippen LogP contribution in [-0.2, 0) is 21.4 Å². The van der Waals surface area contributed by atoms with Gasteiger partial charge in [0.25, 0.3) is 0 Å². The van der Waals surface area contributed by atoms with Crippen LogP contribution in [0.4, 0.5) is 5.69 Å². The monoisotopic (exact) mass is 382 g/mol. The number of rotatable bonds is 4. The molecule has 2 aromatic carbocycles. The van der Waals surface area contributed by atoms with Gasteiger partial charge in [-0.25, -0.2) is 13.2 Å². The van der Waals surface area contributed by atoms with Gasteiger partial charge in [0, 0.05) is 23.7 Å². The highest BCUT2D eigenvalue weighted by Gasteiger charge is 2.28. The third-order valence-corrected chi connectivity index (χ3v) is 6.41. The van der Waals surface area contributed by atoms with Gasteiger partial charge in [-0.3, -0.25) is 9.29 Å². The first-order valence-electron chi connectivity index (χ1n) is 8.65. The predicted octanol–water partition coefficient (Wildman–Crippen LogP) is 3.13. The van der Waals surface area contributed by atoms with E-state index < -0.39 is 16.0 Å². The first-order valence-corrected chi connectivity index (χ1v) is 10.3. The van der Waals surface area contributed by atoms with E-state index >= 15 is 0 Å². The van der Waals surface area contributed by atoms with E-state index in [0.29, 0.717) is 24.2 Å². The van der Waals surface area contributed by atoms with E-state index in [9.17, 15) is 13.2 Å². The summed E-state index contributed by atoms with van der Waals surface area (Å²) < 4.78 is 31.0. The average Bonchev–Trinajstić information content (AvgIpc) is 3.05. The number of hydrogen-bond acceptors (Lipinski definition) is 5. The van der Waals surface area contributed by atoms with E-state index in [0.717, 1.165) is 16.5 Å². The molecule has 6 nitrogen and oxygen atoms in total. The second-order valence-corrected chi connectivity index (χ2v) is 8.37. The van der Waals surface area contributed by atoms with Gasteiger partial charge >= 0.3 is 5.97 Å². The van der Waals surface area contributed by atoms with Crippen molar-refractivity contribution in [1.29, 1.82) is 0 Å². The van der Waals surface area contributed by atoms with Crippen LogP contribution in [0.3, 0.4) is 0 Å². The van der Waals surface area contributed by atoms with E-state index in [1.807, 2.05) is 30.3 Å². The Morgan fingerprint density at radius 2 is 1.93 bits per heavy atom. The minimum Gasteiger partial charge on any atom is -0.457 e. The fourth-order valence-electron chi connectivity index (χ4n) is 3.23. The topological polar surface area (TPSA) is 76.6 Å². The number of para-hydroxylation sites is 1. The van der Waals surface area contributed by atoms with Crippen molar-refractivity contribution in [2.75, 3.05) is 16.6 Å². The zero-order valence-corrected chi connectivity index (χ0v) is 15.4. The van der Waals surface area contributed by atoms with Crippen LogP contribution in [0, 0.1) is 0 Å². The number of sulfonamides is 1. The van der Waals surface area contributed by atoms with Crippen LogP contribution in [0.5, 0.6) is 0 Å². The number of nitrogens with zero attached hydrogens (tertiary/aromatic N) is 2. The Labute approximate surface area is 157 Å². The standard InChI is InChI=1S/C20H18N2O4S/c23-20(26-14-17-7-1-5-15-8-3-10-21-19(15)17)16-6-2-9-18(13-16)22-11-4-12-27(22,24)25/h1-3,5-10,13H,4,11-12,14H2. The maximum atomic E-state index is 12.5. The molecule has 3 aromatic rings. The number of carbonyl (C=O) groups is 1. The molecular formula is C20H18N2O4S. The van der Waals surface area contributed by atoms with Crippen molar-refractivity contribution in [3.8, 4) is 0 Å². The van der Waals surface area contributed by atoms with Crippen LogP contribution >= 0.6 is 0 Å². The molecule has 1 aliphatic heterocycles. The summed E-state index contributed by atoms with van der Waals surface area (Å²) in [6.07, 6.45) is 2.29. The molecule has 0 amide bonds. The molecule has 27 heavy (non-hydrogen) atoms. The third-order valence-electron chi connectivity index (χ3n) is 4.54. The highest BCUT2D eigenvalue weighted by molar-refractivity contribution is 7.93.